The first-order chi connectivity index (χ1) is 11.0. The predicted octanol–water partition coefficient (Wildman–Crippen LogP) is 3.27. The summed E-state index contributed by atoms with van der Waals surface area (Å²) in [5, 5.41) is 4.17. The van der Waals surface area contributed by atoms with Gasteiger partial charge in [0.25, 0.3) is 5.91 Å². The molecule has 0 aliphatic carbocycles. The van der Waals surface area contributed by atoms with Gasteiger partial charge in [-0.3, -0.25) is 4.79 Å². The van der Waals surface area contributed by atoms with Crippen molar-refractivity contribution in [1.29, 1.82) is 0 Å². The van der Waals surface area contributed by atoms with E-state index in [9.17, 15) is 4.79 Å². The Hall–Kier alpha value is -1.89. The number of carbonyl (C=O) groups is 1. The Morgan fingerprint density at radius 1 is 1.35 bits per heavy atom. The molecule has 0 saturated heterocycles. The maximum absolute atomic E-state index is 12.3. The molecule has 23 heavy (non-hydrogen) atoms. The first-order valence-corrected chi connectivity index (χ1v) is 8.36. The van der Waals surface area contributed by atoms with Crippen LogP contribution >= 0.6 is 22.9 Å². The van der Waals surface area contributed by atoms with Gasteiger partial charge in [0.1, 0.15) is 5.69 Å². The van der Waals surface area contributed by atoms with E-state index in [1.54, 1.807) is 23.6 Å². The number of nitrogens with zero attached hydrogens (tertiary/aromatic N) is 2. The number of fused-ring (bicyclic) bond motifs is 1. The molecule has 5 nitrogen and oxygen atoms in total. The van der Waals surface area contributed by atoms with Gasteiger partial charge >= 0.3 is 0 Å². The molecule has 1 amide bonds. The Morgan fingerprint density at radius 2 is 2.13 bits per heavy atom. The fourth-order valence-electron chi connectivity index (χ4n) is 2.32. The second-order valence-electron chi connectivity index (χ2n) is 5.54. The monoisotopic (exact) mass is 348 g/mol. The van der Waals surface area contributed by atoms with Crippen molar-refractivity contribution in [2.45, 2.75) is 13.1 Å². The van der Waals surface area contributed by atoms with Crippen molar-refractivity contribution in [2.75, 3.05) is 14.1 Å². The molecule has 3 aromatic heterocycles. The number of hydrogen-bond donors (Lipinski definition) is 2. The minimum Gasteiger partial charge on any atom is -0.348 e. The average molecular weight is 349 g/mol. The molecule has 0 aromatic carbocycles. The number of amides is 1. The van der Waals surface area contributed by atoms with Crippen LogP contribution in [0.25, 0.3) is 10.9 Å². The van der Waals surface area contributed by atoms with E-state index in [4.69, 9.17) is 11.6 Å². The molecule has 0 aliphatic rings. The third-order valence-corrected chi connectivity index (χ3v) is 4.71. The van der Waals surface area contributed by atoms with E-state index in [1.807, 2.05) is 20.2 Å². The van der Waals surface area contributed by atoms with E-state index in [0.717, 1.165) is 16.8 Å². The van der Waals surface area contributed by atoms with Gasteiger partial charge in [0.15, 0.2) is 5.15 Å². The van der Waals surface area contributed by atoms with E-state index in [1.165, 1.54) is 4.88 Å². The van der Waals surface area contributed by atoms with Gasteiger partial charge in [-0.25, -0.2) is 4.98 Å². The lowest BCUT2D eigenvalue weighted by Crippen LogP contribution is -2.22. The van der Waals surface area contributed by atoms with Crippen molar-refractivity contribution in [3.05, 3.63) is 51.1 Å². The topological polar surface area (TPSA) is 61.0 Å². The largest absolute Gasteiger partial charge is 0.348 e. The molecule has 7 heteroatoms. The summed E-state index contributed by atoms with van der Waals surface area (Å²) >= 11 is 7.72. The summed E-state index contributed by atoms with van der Waals surface area (Å²) in [7, 11) is 4.08. The highest BCUT2D eigenvalue weighted by Gasteiger charge is 2.12. The molecule has 0 unspecified atom stereocenters. The van der Waals surface area contributed by atoms with Crippen molar-refractivity contribution in [3.63, 3.8) is 0 Å². The molecule has 0 spiro atoms. The number of aromatic amines is 1. The molecule has 2 N–H and O–H groups in total. The van der Waals surface area contributed by atoms with Crippen LogP contribution in [0, 0.1) is 0 Å². The zero-order chi connectivity index (χ0) is 16.4. The number of aromatic nitrogens is 2. The Labute approximate surface area is 143 Å². The molecule has 3 heterocycles. The van der Waals surface area contributed by atoms with Gasteiger partial charge in [-0.05, 0) is 38.4 Å². The van der Waals surface area contributed by atoms with Crippen LogP contribution in [0.1, 0.15) is 20.2 Å². The molecule has 0 bridgehead atoms. The number of rotatable bonds is 5. The third kappa shape index (κ3) is 3.72. The lowest BCUT2D eigenvalue weighted by Gasteiger charge is -2.06. The summed E-state index contributed by atoms with van der Waals surface area (Å²) in [6.07, 6.45) is 1.62. The summed E-state index contributed by atoms with van der Waals surface area (Å²) < 4.78 is 0. The van der Waals surface area contributed by atoms with Crippen LogP contribution in [0.2, 0.25) is 5.15 Å². The fourth-order valence-corrected chi connectivity index (χ4v) is 3.61. The number of H-pyrrole nitrogens is 1. The molecular weight excluding hydrogens is 332 g/mol. The number of hydrogen-bond acceptors (Lipinski definition) is 4. The number of thiophene rings is 1. The van der Waals surface area contributed by atoms with Gasteiger partial charge in [-0.15, -0.1) is 11.3 Å². The zero-order valence-corrected chi connectivity index (χ0v) is 14.5. The normalized spacial score (nSPS) is 11.3. The van der Waals surface area contributed by atoms with Crippen LogP contribution in [0.4, 0.5) is 0 Å². The zero-order valence-electron chi connectivity index (χ0n) is 12.9. The van der Waals surface area contributed by atoms with Crippen molar-refractivity contribution in [3.8, 4) is 0 Å². The Morgan fingerprint density at radius 3 is 2.87 bits per heavy atom. The van der Waals surface area contributed by atoms with E-state index >= 15 is 0 Å². The van der Waals surface area contributed by atoms with E-state index in [-0.39, 0.29) is 5.91 Å². The van der Waals surface area contributed by atoms with Crippen LogP contribution in [0.5, 0.6) is 0 Å². The summed E-state index contributed by atoms with van der Waals surface area (Å²) in [5.74, 6) is -0.153. The van der Waals surface area contributed by atoms with Gasteiger partial charge < -0.3 is 15.2 Å². The number of carbonyl (C=O) groups excluding carboxylic acids is 1. The molecule has 120 valence electrons. The Bertz CT molecular complexity index is 840. The predicted molar refractivity (Wildman–Crippen MR) is 94.0 cm³/mol. The molecule has 0 fully saturated rings. The van der Waals surface area contributed by atoms with Gasteiger partial charge in [0.2, 0.25) is 0 Å². The molecule has 0 saturated carbocycles. The molecule has 0 atom stereocenters. The average Bonchev–Trinajstić information content (AvgIpc) is 3.11. The standard InChI is InChI=1S/C16H17ClN4OS/c1-21(2)9-12-4-3-11(23-12)8-19-16(22)13-7-10-5-6-18-15(17)14(10)20-13/h3-7,20H,8-9H2,1-2H3,(H,19,22). The van der Waals surface area contributed by atoms with Crippen LogP contribution in [-0.2, 0) is 13.1 Å². The second kappa shape index (κ2) is 6.70. The van der Waals surface area contributed by atoms with Crippen molar-refractivity contribution >= 4 is 39.7 Å². The lowest BCUT2D eigenvalue weighted by atomic mass is 10.3. The molecule has 3 rings (SSSR count). The van der Waals surface area contributed by atoms with Gasteiger partial charge in [0.05, 0.1) is 12.1 Å². The Balaban J connectivity index is 1.66. The van der Waals surface area contributed by atoms with Crippen molar-refractivity contribution in [1.82, 2.24) is 20.2 Å². The third-order valence-electron chi connectivity index (χ3n) is 3.35. The van der Waals surface area contributed by atoms with Crippen LogP contribution in [0.3, 0.4) is 0 Å². The van der Waals surface area contributed by atoms with Crippen molar-refractivity contribution in [2.24, 2.45) is 0 Å². The van der Waals surface area contributed by atoms with E-state index in [2.05, 4.69) is 32.3 Å². The summed E-state index contributed by atoms with van der Waals surface area (Å²) in [6, 6.07) is 7.75. The number of nitrogens with one attached hydrogen (secondary N) is 2. The molecule has 0 radical (unpaired) electrons. The minimum absolute atomic E-state index is 0.153. The first kappa shape index (κ1) is 16.0. The van der Waals surface area contributed by atoms with Crippen LogP contribution in [-0.4, -0.2) is 34.9 Å². The van der Waals surface area contributed by atoms with E-state index in [0.29, 0.717) is 22.9 Å². The lowest BCUT2D eigenvalue weighted by molar-refractivity contribution is 0.0947. The SMILES string of the molecule is CN(C)Cc1ccc(CNC(=O)c2cc3ccnc(Cl)c3[nH]2)s1. The van der Waals surface area contributed by atoms with Gasteiger partial charge in [0, 0.05) is 27.9 Å². The minimum atomic E-state index is -0.153. The number of pyridine rings is 1. The van der Waals surface area contributed by atoms with E-state index < -0.39 is 0 Å². The smallest absolute Gasteiger partial charge is 0.268 e. The summed E-state index contributed by atoms with van der Waals surface area (Å²) in [4.78, 5) is 23.8. The summed E-state index contributed by atoms with van der Waals surface area (Å²) in [6.45, 7) is 1.42. The molecular formula is C16H17ClN4OS. The second-order valence-corrected chi connectivity index (χ2v) is 7.15. The highest BCUT2D eigenvalue weighted by molar-refractivity contribution is 7.11. The molecule has 0 aliphatic heterocycles. The number of halogens is 1. The molecule has 3 aromatic rings. The first-order valence-electron chi connectivity index (χ1n) is 7.16. The maximum Gasteiger partial charge on any atom is 0.268 e. The summed E-state index contributed by atoms with van der Waals surface area (Å²) in [5.41, 5.74) is 1.17. The van der Waals surface area contributed by atoms with Crippen molar-refractivity contribution < 1.29 is 4.79 Å². The fraction of sp³-hybridized carbons (Fsp3) is 0.250. The van der Waals surface area contributed by atoms with Crippen LogP contribution < -0.4 is 5.32 Å². The van der Waals surface area contributed by atoms with Gasteiger partial charge in [-0.1, -0.05) is 11.6 Å². The van der Waals surface area contributed by atoms with Gasteiger partial charge in [-0.2, -0.15) is 0 Å². The quantitative estimate of drug-likeness (QED) is 0.696. The highest BCUT2D eigenvalue weighted by Crippen LogP contribution is 2.21. The van der Waals surface area contributed by atoms with Crippen LogP contribution in [0.15, 0.2) is 30.5 Å². The Kier molecular flexibility index (Phi) is 4.66. The highest BCUT2D eigenvalue weighted by atomic mass is 35.5. The maximum atomic E-state index is 12.3.